The summed E-state index contributed by atoms with van der Waals surface area (Å²) in [6, 6.07) is 7.12. The Kier molecular flexibility index (Phi) is 3.81. The van der Waals surface area contributed by atoms with Gasteiger partial charge in [-0.2, -0.15) is 4.98 Å². The van der Waals surface area contributed by atoms with Gasteiger partial charge in [0.2, 0.25) is 17.5 Å². The normalized spacial score (nSPS) is 10.9. The number of hydrogen-bond acceptors (Lipinski definition) is 4. The monoisotopic (exact) mass is 316 g/mol. The summed E-state index contributed by atoms with van der Waals surface area (Å²) in [7, 11) is 0. The minimum absolute atomic E-state index is 0.119. The van der Waals surface area contributed by atoms with Crippen LogP contribution in [0.4, 0.5) is 8.78 Å². The van der Waals surface area contributed by atoms with Crippen LogP contribution in [0.25, 0.3) is 11.4 Å². The predicted molar refractivity (Wildman–Crippen MR) is 62.1 cm³/mol. The average Bonchev–Trinajstić information content (AvgIpc) is 2.77. The van der Waals surface area contributed by atoms with Crippen LogP contribution in [0.2, 0.25) is 0 Å². The maximum Gasteiger partial charge on any atom is 0.296 e. The van der Waals surface area contributed by atoms with Crippen LogP contribution in [-0.4, -0.2) is 22.3 Å². The van der Waals surface area contributed by atoms with E-state index in [1.54, 1.807) is 18.2 Å². The molecule has 4 nitrogen and oxygen atoms in total. The van der Waals surface area contributed by atoms with E-state index in [1.807, 2.05) is 6.07 Å². The minimum atomic E-state index is -3.02. The van der Waals surface area contributed by atoms with Crippen LogP contribution in [0.1, 0.15) is 5.89 Å². The summed E-state index contributed by atoms with van der Waals surface area (Å²) >= 11 is 3.31. The second-order valence-electron chi connectivity index (χ2n) is 3.44. The fourth-order valence-electron chi connectivity index (χ4n) is 1.30. The molecule has 1 heterocycles. The summed E-state index contributed by atoms with van der Waals surface area (Å²) in [5.74, 6) is -1.11. The van der Waals surface area contributed by atoms with Gasteiger partial charge in [0.1, 0.15) is 0 Å². The van der Waals surface area contributed by atoms with Crippen LogP contribution in [-0.2, 0) is 11.2 Å². The Morgan fingerprint density at radius 1 is 1.39 bits per heavy atom. The average molecular weight is 317 g/mol. The molecule has 0 N–H and O–H groups in total. The third kappa shape index (κ3) is 2.79. The lowest BCUT2D eigenvalue weighted by molar-refractivity contribution is -0.129. The standard InChI is InChI=1S/C11H7BrF2N2O2/c12-7-4-2-1-3-6(7)11-15-9(18-16-11)5-8(17)10(13)14/h1-4,10H,5H2. The molecule has 2 rings (SSSR count). The van der Waals surface area contributed by atoms with Crippen molar-refractivity contribution in [1.82, 2.24) is 10.1 Å². The molecule has 0 aliphatic heterocycles. The van der Waals surface area contributed by atoms with Gasteiger partial charge in [0.15, 0.2) is 0 Å². The smallest absolute Gasteiger partial charge is 0.296 e. The molecule has 0 aliphatic rings. The topological polar surface area (TPSA) is 56.0 Å². The Hall–Kier alpha value is -1.63. The van der Waals surface area contributed by atoms with Crippen LogP contribution in [0.15, 0.2) is 33.3 Å². The van der Waals surface area contributed by atoms with Gasteiger partial charge in [-0.3, -0.25) is 4.79 Å². The van der Waals surface area contributed by atoms with E-state index < -0.39 is 18.6 Å². The van der Waals surface area contributed by atoms with Gasteiger partial charge in [-0.1, -0.05) is 33.2 Å². The van der Waals surface area contributed by atoms with Crippen molar-refractivity contribution in [3.05, 3.63) is 34.6 Å². The first kappa shape index (κ1) is 12.8. The van der Waals surface area contributed by atoms with Gasteiger partial charge >= 0.3 is 0 Å². The maximum atomic E-state index is 12.1. The van der Waals surface area contributed by atoms with Gasteiger partial charge in [-0.25, -0.2) is 8.78 Å². The van der Waals surface area contributed by atoms with Gasteiger partial charge in [0, 0.05) is 10.0 Å². The van der Waals surface area contributed by atoms with Crippen molar-refractivity contribution in [2.45, 2.75) is 12.8 Å². The molecule has 1 aromatic carbocycles. The zero-order chi connectivity index (χ0) is 13.1. The van der Waals surface area contributed by atoms with E-state index in [1.165, 1.54) is 0 Å². The third-order valence-corrected chi connectivity index (χ3v) is 2.84. The largest absolute Gasteiger partial charge is 0.338 e. The highest BCUT2D eigenvalue weighted by Crippen LogP contribution is 2.25. The molecule has 0 saturated carbocycles. The summed E-state index contributed by atoms with van der Waals surface area (Å²) in [6.07, 6.45) is -3.58. The quantitative estimate of drug-likeness (QED) is 0.870. The number of carbonyl (C=O) groups is 1. The lowest BCUT2D eigenvalue weighted by atomic mass is 10.2. The summed E-state index contributed by atoms with van der Waals surface area (Å²) in [6.45, 7) is 0. The number of halogens is 3. The summed E-state index contributed by atoms with van der Waals surface area (Å²) in [4.78, 5) is 14.7. The van der Waals surface area contributed by atoms with Crippen LogP contribution in [0.3, 0.4) is 0 Å². The number of Topliss-reactive ketones (excluding diaryl/α,β-unsaturated/α-hetero) is 1. The number of aromatic nitrogens is 2. The van der Waals surface area contributed by atoms with Crippen LogP contribution in [0, 0.1) is 0 Å². The molecule has 0 spiro atoms. The molecule has 0 saturated heterocycles. The molecule has 94 valence electrons. The van der Waals surface area contributed by atoms with Crippen molar-refractivity contribution in [3.8, 4) is 11.4 Å². The Morgan fingerprint density at radius 2 is 2.11 bits per heavy atom. The molecule has 0 unspecified atom stereocenters. The van der Waals surface area contributed by atoms with Crippen molar-refractivity contribution in [3.63, 3.8) is 0 Å². The number of benzene rings is 1. The van der Waals surface area contributed by atoms with Crippen molar-refractivity contribution in [2.24, 2.45) is 0 Å². The Balaban J connectivity index is 2.21. The molecule has 0 atom stereocenters. The summed E-state index contributed by atoms with van der Waals surface area (Å²) in [5, 5.41) is 3.65. The highest BCUT2D eigenvalue weighted by atomic mass is 79.9. The first-order valence-electron chi connectivity index (χ1n) is 4.96. The zero-order valence-corrected chi connectivity index (χ0v) is 10.5. The number of hydrogen-bond donors (Lipinski definition) is 0. The second kappa shape index (κ2) is 5.34. The first-order valence-corrected chi connectivity index (χ1v) is 5.75. The van der Waals surface area contributed by atoms with Gasteiger partial charge in [0.25, 0.3) is 6.43 Å². The Bertz CT molecular complexity index is 572. The number of nitrogens with zero attached hydrogens (tertiary/aromatic N) is 2. The lowest BCUT2D eigenvalue weighted by Gasteiger charge is -1.96. The van der Waals surface area contributed by atoms with E-state index in [0.29, 0.717) is 5.56 Å². The molecule has 2 aromatic rings. The fraction of sp³-hybridized carbons (Fsp3) is 0.182. The number of ketones is 1. The second-order valence-corrected chi connectivity index (χ2v) is 4.29. The highest BCUT2D eigenvalue weighted by molar-refractivity contribution is 9.10. The zero-order valence-electron chi connectivity index (χ0n) is 8.94. The Morgan fingerprint density at radius 3 is 2.78 bits per heavy atom. The van der Waals surface area contributed by atoms with Crippen molar-refractivity contribution in [2.75, 3.05) is 0 Å². The summed E-state index contributed by atoms with van der Waals surface area (Å²) < 4.78 is 29.6. The van der Waals surface area contributed by atoms with E-state index in [-0.39, 0.29) is 11.7 Å². The van der Waals surface area contributed by atoms with Crippen molar-refractivity contribution >= 4 is 21.7 Å². The maximum absolute atomic E-state index is 12.1. The van der Waals surface area contributed by atoms with Gasteiger partial charge in [-0.05, 0) is 12.1 Å². The number of rotatable bonds is 4. The molecular formula is C11H7BrF2N2O2. The highest BCUT2D eigenvalue weighted by Gasteiger charge is 2.20. The van der Waals surface area contributed by atoms with Gasteiger partial charge in [0.05, 0.1) is 6.42 Å². The van der Waals surface area contributed by atoms with Gasteiger partial charge in [-0.15, -0.1) is 0 Å². The minimum Gasteiger partial charge on any atom is -0.338 e. The van der Waals surface area contributed by atoms with Crippen LogP contribution >= 0.6 is 15.9 Å². The Labute approximate surface area is 109 Å². The number of carbonyl (C=O) groups excluding carboxylic acids is 1. The lowest BCUT2D eigenvalue weighted by Crippen LogP contribution is -2.12. The van der Waals surface area contributed by atoms with Crippen LogP contribution in [0.5, 0.6) is 0 Å². The predicted octanol–water partition coefficient (Wildman–Crippen LogP) is 2.88. The fourth-order valence-corrected chi connectivity index (χ4v) is 1.77. The van der Waals surface area contributed by atoms with Crippen molar-refractivity contribution in [1.29, 1.82) is 0 Å². The van der Waals surface area contributed by atoms with E-state index in [2.05, 4.69) is 26.1 Å². The van der Waals surface area contributed by atoms with E-state index >= 15 is 0 Å². The third-order valence-electron chi connectivity index (χ3n) is 2.15. The molecule has 0 bridgehead atoms. The van der Waals surface area contributed by atoms with Gasteiger partial charge < -0.3 is 4.52 Å². The van der Waals surface area contributed by atoms with E-state index in [0.717, 1.165) is 4.47 Å². The molecule has 0 amide bonds. The molecular weight excluding hydrogens is 310 g/mol. The molecule has 0 aliphatic carbocycles. The van der Waals surface area contributed by atoms with Crippen molar-refractivity contribution < 1.29 is 18.1 Å². The molecule has 7 heteroatoms. The summed E-state index contributed by atoms with van der Waals surface area (Å²) in [5.41, 5.74) is 0.664. The molecule has 0 fully saturated rings. The molecule has 18 heavy (non-hydrogen) atoms. The SMILES string of the molecule is O=C(Cc1nc(-c2ccccc2Br)no1)C(F)F. The van der Waals surface area contributed by atoms with E-state index in [9.17, 15) is 13.6 Å². The first-order chi connectivity index (χ1) is 8.58. The molecule has 0 radical (unpaired) electrons. The van der Waals surface area contributed by atoms with Crippen LogP contribution < -0.4 is 0 Å². The number of alkyl halides is 2. The molecule has 1 aromatic heterocycles. The van der Waals surface area contributed by atoms with E-state index in [4.69, 9.17) is 4.52 Å².